The predicted octanol–water partition coefficient (Wildman–Crippen LogP) is 3.10. The van der Waals surface area contributed by atoms with E-state index in [2.05, 4.69) is 26.3 Å². The Balaban J connectivity index is 2.59. The Morgan fingerprint density at radius 2 is 2.24 bits per heavy atom. The van der Waals surface area contributed by atoms with E-state index in [1.165, 1.54) is 0 Å². The molecule has 21 heavy (non-hydrogen) atoms. The van der Waals surface area contributed by atoms with Crippen molar-refractivity contribution in [2.75, 3.05) is 5.32 Å². The molecule has 0 bridgehead atoms. The van der Waals surface area contributed by atoms with Gasteiger partial charge in [-0.25, -0.2) is 14.3 Å². The van der Waals surface area contributed by atoms with Gasteiger partial charge in [0.05, 0.1) is 22.0 Å². The molecule has 0 atom stereocenters. The highest BCUT2D eigenvalue weighted by Gasteiger charge is 2.20. The maximum absolute atomic E-state index is 13.0. The van der Waals surface area contributed by atoms with Crippen LogP contribution in [0.15, 0.2) is 27.5 Å². The van der Waals surface area contributed by atoms with Crippen molar-refractivity contribution >= 4 is 44.9 Å². The fourth-order valence-electron chi connectivity index (χ4n) is 1.63. The highest BCUT2D eigenvalue weighted by molar-refractivity contribution is 9.10. The zero-order chi connectivity index (χ0) is 15.6. The fourth-order valence-corrected chi connectivity index (χ4v) is 2.35. The second-order valence-electron chi connectivity index (χ2n) is 3.94. The first-order valence-electron chi connectivity index (χ1n) is 5.57. The third-order valence-corrected chi connectivity index (χ3v) is 3.41. The molecule has 0 saturated carbocycles. The lowest BCUT2D eigenvalue weighted by Crippen LogP contribution is -2.20. The van der Waals surface area contributed by atoms with E-state index >= 15 is 0 Å². The normalized spacial score (nSPS) is 10.4. The number of nitrogens with one attached hydrogen (secondary N) is 2. The second-order valence-corrected chi connectivity index (χ2v) is 5.27. The molecule has 3 N–H and O–H groups in total. The van der Waals surface area contributed by atoms with Gasteiger partial charge in [0.2, 0.25) is 0 Å². The molecule has 0 aliphatic carbocycles. The Morgan fingerprint density at radius 1 is 1.52 bits per heavy atom. The number of aromatic nitrogens is 2. The van der Waals surface area contributed by atoms with Gasteiger partial charge in [0.1, 0.15) is 6.67 Å². The highest BCUT2D eigenvalue weighted by Crippen LogP contribution is 2.30. The zero-order valence-electron chi connectivity index (χ0n) is 10.3. The molecule has 1 aromatic heterocycles. The first-order chi connectivity index (χ1) is 9.93. The minimum atomic E-state index is -1.41. The average molecular weight is 377 g/mol. The van der Waals surface area contributed by atoms with Gasteiger partial charge in [-0.3, -0.25) is 4.79 Å². The van der Waals surface area contributed by atoms with Gasteiger partial charge >= 0.3 is 5.97 Å². The second kappa shape index (κ2) is 6.23. The summed E-state index contributed by atoms with van der Waals surface area (Å²) in [5, 5.41) is 17.4. The molecule has 110 valence electrons. The SMILES string of the molecule is O=C(O)c1n[nH]c(=O)c(CF)c1Nc1ccc(Br)cc1Cl. The number of anilines is 2. The van der Waals surface area contributed by atoms with Crippen LogP contribution in [0.2, 0.25) is 5.02 Å². The maximum atomic E-state index is 13.0. The zero-order valence-corrected chi connectivity index (χ0v) is 12.6. The van der Waals surface area contributed by atoms with Gasteiger partial charge < -0.3 is 10.4 Å². The molecule has 9 heteroatoms. The molecule has 1 heterocycles. The Labute approximate surface area is 131 Å². The number of H-pyrrole nitrogens is 1. The van der Waals surface area contributed by atoms with Gasteiger partial charge in [0, 0.05) is 4.47 Å². The fraction of sp³-hybridized carbons (Fsp3) is 0.0833. The largest absolute Gasteiger partial charge is 0.476 e. The Bertz CT molecular complexity index is 766. The van der Waals surface area contributed by atoms with Crippen molar-refractivity contribution in [3.63, 3.8) is 0 Å². The molecule has 2 aromatic rings. The smallest absolute Gasteiger partial charge is 0.358 e. The summed E-state index contributed by atoms with van der Waals surface area (Å²) in [6, 6.07) is 4.78. The molecule has 0 spiro atoms. The summed E-state index contributed by atoms with van der Waals surface area (Å²) in [6.45, 7) is -1.14. The summed E-state index contributed by atoms with van der Waals surface area (Å²) in [5.74, 6) is -1.41. The number of hydrogen-bond donors (Lipinski definition) is 3. The van der Waals surface area contributed by atoms with E-state index in [1.807, 2.05) is 5.10 Å². The summed E-state index contributed by atoms with van der Waals surface area (Å²) < 4.78 is 13.8. The predicted molar refractivity (Wildman–Crippen MR) is 79.1 cm³/mol. The number of carbonyl (C=O) groups is 1. The number of carboxylic acids is 1. The van der Waals surface area contributed by atoms with Crippen molar-refractivity contribution in [1.29, 1.82) is 0 Å². The van der Waals surface area contributed by atoms with E-state index < -0.39 is 23.9 Å². The third kappa shape index (κ3) is 3.22. The average Bonchev–Trinajstić information content (AvgIpc) is 2.41. The van der Waals surface area contributed by atoms with Crippen molar-refractivity contribution in [3.8, 4) is 0 Å². The molecule has 0 unspecified atom stereocenters. The molecule has 0 fully saturated rings. The van der Waals surface area contributed by atoms with Crippen LogP contribution in [0.25, 0.3) is 0 Å². The van der Waals surface area contributed by atoms with Crippen LogP contribution in [0, 0.1) is 0 Å². The van der Waals surface area contributed by atoms with E-state index in [4.69, 9.17) is 16.7 Å². The van der Waals surface area contributed by atoms with E-state index in [1.54, 1.807) is 18.2 Å². The van der Waals surface area contributed by atoms with Gasteiger partial charge in [-0.15, -0.1) is 0 Å². The number of nitrogens with zero attached hydrogens (tertiary/aromatic N) is 1. The molecule has 0 amide bonds. The molecule has 0 aliphatic heterocycles. The molecule has 0 aliphatic rings. The van der Waals surface area contributed by atoms with Gasteiger partial charge in [-0.05, 0) is 18.2 Å². The molecular formula is C12H8BrClFN3O3. The minimum Gasteiger partial charge on any atom is -0.476 e. The summed E-state index contributed by atoms with van der Waals surface area (Å²) >= 11 is 9.23. The van der Waals surface area contributed by atoms with Crippen molar-refractivity contribution in [2.24, 2.45) is 0 Å². The van der Waals surface area contributed by atoms with Crippen LogP contribution in [-0.4, -0.2) is 21.3 Å². The van der Waals surface area contributed by atoms with Gasteiger partial charge in [0.25, 0.3) is 5.56 Å². The Hall–Kier alpha value is -1.93. The van der Waals surface area contributed by atoms with Crippen LogP contribution in [0.5, 0.6) is 0 Å². The van der Waals surface area contributed by atoms with Gasteiger partial charge in [-0.1, -0.05) is 27.5 Å². The van der Waals surface area contributed by atoms with Crippen molar-refractivity contribution in [2.45, 2.75) is 6.67 Å². The lowest BCUT2D eigenvalue weighted by atomic mass is 10.2. The number of rotatable bonds is 4. The quantitative estimate of drug-likeness (QED) is 0.762. The van der Waals surface area contributed by atoms with Crippen LogP contribution in [-0.2, 0) is 6.67 Å². The van der Waals surface area contributed by atoms with E-state index in [0.29, 0.717) is 10.2 Å². The number of hydrogen-bond acceptors (Lipinski definition) is 4. The van der Waals surface area contributed by atoms with Crippen molar-refractivity contribution in [3.05, 3.63) is 49.3 Å². The van der Waals surface area contributed by atoms with E-state index in [9.17, 15) is 14.0 Å². The van der Waals surface area contributed by atoms with Crippen LogP contribution < -0.4 is 10.9 Å². The van der Waals surface area contributed by atoms with Gasteiger partial charge in [0.15, 0.2) is 5.69 Å². The molecule has 0 radical (unpaired) electrons. The van der Waals surface area contributed by atoms with E-state index in [0.717, 1.165) is 0 Å². The number of alkyl halides is 1. The number of halogens is 3. The number of carboxylic acid groups (broad SMARTS) is 1. The minimum absolute atomic E-state index is 0.224. The summed E-state index contributed by atoms with van der Waals surface area (Å²) in [5.41, 5.74) is -1.57. The van der Waals surface area contributed by atoms with Crippen LogP contribution in [0.4, 0.5) is 15.8 Å². The summed E-state index contributed by atoms with van der Waals surface area (Å²) in [6.07, 6.45) is 0. The first kappa shape index (κ1) is 15.5. The maximum Gasteiger partial charge on any atom is 0.358 e. The third-order valence-electron chi connectivity index (χ3n) is 2.61. The van der Waals surface area contributed by atoms with Crippen molar-refractivity contribution in [1.82, 2.24) is 10.2 Å². The topological polar surface area (TPSA) is 95.1 Å². The van der Waals surface area contributed by atoms with Gasteiger partial charge in [-0.2, -0.15) is 5.10 Å². The highest BCUT2D eigenvalue weighted by atomic mass is 79.9. The molecular weight excluding hydrogens is 369 g/mol. The van der Waals surface area contributed by atoms with Crippen LogP contribution in [0.3, 0.4) is 0 Å². The lowest BCUT2D eigenvalue weighted by Gasteiger charge is -2.13. The number of benzene rings is 1. The van der Waals surface area contributed by atoms with Crippen LogP contribution in [0.1, 0.15) is 16.1 Å². The monoisotopic (exact) mass is 375 g/mol. The molecule has 0 saturated heterocycles. The summed E-state index contributed by atoms with van der Waals surface area (Å²) in [7, 11) is 0. The Kier molecular flexibility index (Phi) is 4.59. The lowest BCUT2D eigenvalue weighted by molar-refractivity contribution is 0.0690. The summed E-state index contributed by atoms with van der Waals surface area (Å²) in [4.78, 5) is 22.7. The standard InChI is InChI=1S/C12H8BrClFN3O3/c13-5-1-2-8(7(14)3-5)16-9-6(4-15)11(19)18-17-10(9)12(20)21/h1-3H,4H2,(H,20,21)(H2,16,18,19). The number of aromatic carboxylic acids is 1. The molecule has 1 aromatic carbocycles. The first-order valence-corrected chi connectivity index (χ1v) is 6.74. The van der Waals surface area contributed by atoms with Crippen molar-refractivity contribution < 1.29 is 14.3 Å². The Morgan fingerprint density at radius 3 is 2.81 bits per heavy atom. The number of aromatic amines is 1. The molecule has 2 rings (SSSR count). The molecule has 6 nitrogen and oxygen atoms in total. The van der Waals surface area contributed by atoms with E-state index in [-0.39, 0.29) is 16.3 Å². The van der Waals surface area contributed by atoms with Crippen LogP contribution >= 0.6 is 27.5 Å².